The summed E-state index contributed by atoms with van der Waals surface area (Å²) in [5.74, 6) is 0.731. The topological polar surface area (TPSA) is 47.1 Å². The molecular formula is C13H26N4. The average molecular weight is 238 g/mol. The molecule has 0 radical (unpaired) electrons. The van der Waals surface area contributed by atoms with Crippen molar-refractivity contribution in [2.45, 2.75) is 39.8 Å². The van der Waals surface area contributed by atoms with Gasteiger partial charge in [0.2, 0.25) is 0 Å². The highest BCUT2D eigenvalue weighted by molar-refractivity contribution is 5.11. The van der Waals surface area contributed by atoms with Gasteiger partial charge in [-0.3, -0.25) is 9.58 Å². The number of aryl methyl sites for hydroxylation is 1. The lowest BCUT2D eigenvalue weighted by atomic mass is 10.1. The third kappa shape index (κ3) is 4.13. The van der Waals surface area contributed by atoms with Crippen LogP contribution in [0.5, 0.6) is 0 Å². The Morgan fingerprint density at radius 3 is 2.65 bits per heavy atom. The van der Waals surface area contributed by atoms with Gasteiger partial charge in [0.05, 0.1) is 6.20 Å². The van der Waals surface area contributed by atoms with Gasteiger partial charge in [0, 0.05) is 30.9 Å². The zero-order valence-corrected chi connectivity index (χ0v) is 11.6. The van der Waals surface area contributed by atoms with E-state index < -0.39 is 0 Å². The fraction of sp³-hybridized carbons (Fsp3) is 0.769. The summed E-state index contributed by atoms with van der Waals surface area (Å²) in [6.07, 6.45) is 5.24. The van der Waals surface area contributed by atoms with Gasteiger partial charge >= 0.3 is 0 Å². The van der Waals surface area contributed by atoms with E-state index in [0.29, 0.717) is 6.54 Å². The normalized spacial score (nSPS) is 13.6. The SMILES string of the molecule is CCn1cc(C(CN)N(C)CCC(C)C)cn1. The Labute approximate surface area is 105 Å². The van der Waals surface area contributed by atoms with Gasteiger partial charge in [0.15, 0.2) is 0 Å². The number of nitrogens with two attached hydrogens (primary N) is 1. The van der Waals surface area contributed by atoms with Crippen molar-refractivity contribution >= 4 is 0 Å². The minimum Gasteiger partial charge on any atom is -0.329 e. The largest absolute Gasteiger partial charge is 0.329 e. The van der Waals surface area contributed by atoms with E-state index in [9.17, 15) is 0 Å². The molecule has 1 rings (SSSR count). The summed E-state index contributed by atoms with van der Waals surface area (Å²) < 4.78 is 1.95. The van der Waals surface area contributed by atoms with E-state index in [2.05, 4.69) is 44.0 Å². The summed E-state index contributed by atoms with van der Waals surface area (Å²) in [7, 11) is 2.14. The molecular weight excluding hydrogens is 212 g/mol. The van der Waals surface area contributed by atoms with E-state index in [1.807, 2.05) is 10.9 Å². The first-order chi connectivity index (χ1) is 8.08. The van der Waals surface area contributed by atoms with Crippen molar-refractivity contribution < 1.29 is 0 Å². The lowest BCUT2D eigenvalue weighted by Gasteiger charge is -2.26. The third-order valence-electron chi connectivity index (χ3n) is 3.18. The van der Waals surface area contributed by atoms with Crippen LogP contribution in [0.4, 0.5) is 0 Å². The maximum Gasteiger partial charge on any atom is 0.0538 e. The van der Waals surface area contributed by atoms with Crippen molar-refractivity contribution in [3.63, 3.8) is 0 Å². The van der Waals surface area contributed by atoms with E-state index in [1.54, 1.807) is 0 Å². The van der Waals surface area contributed by atoms with Crippen molar-refractivity contribution in [3.8, 4) is 0 Å². The lowest BCUT2D eigenvalue weighted by Crippen LogP contribution is -2.31. The Bertz CT molecular complexity index is 319. The van der Waals surface area contributed by atoms with Crippen molar-refractivity contribution in [1.29, 1.82) is 0 Å². The number of rotatable bonds is 7. The first-order valence-electron chi connectivity index (χ1n) is 6.51. The molecule has 0 bridgehead atoms. The first-order valence-corrected chi connectivity index (χ1v) is 6.51. The molecule has 0 aliphatic carbocycles. The van der Waals surface area contributed by atoms with Crippen LogP contribution in [0, 0.1) is 5.92 Å². The molecule has 4 nitrogen and oxygen atoms in total. The van der Waals surface area contributed by atoms with Gasteiger partial charge in [0.25, 0.3) is 0 Å². The molecule has 1 unspecified atom stereocenters. The van der Waals surface area contributed by atoms with Gasteiger partial charge in [-0.1, -0.05) is 13.8 Å². The third-order valence-corrected chi connectivity index (χ3v) is 3.18. The summed E-state index contributed by atoms with van der Waals surface area (Å²) in [6, 6.07) is 0.286. The van der Waals surface area contributed by atoms with Crippen LogP contribution in [-0.2, 0) is 6.54 Å². The molecule has 0 aliphatic heterocycles. The summed E-state index contributed by atoms with van der Waals surface area (Å²) in [5.41, 5.74) is 7.11. The molecule has 0 saturated heterocycles. The predicted octanol–water partition coefficient (Wildman–Crippen LogP) is 1.88. The molecule has 1 aromatic heterocycles. The van der Waals surface area contributed by atoms with Crippen LogP contribution < -0.4 is 5.73 Å². The number of hydrogen-bond acceptors (Lipinski definition) is 3. The Kier molecular flexibility index (Phi) is 5.65. The molecule has 98 valence electrons. The van der Waals surface area contributed by atoms with E-state index in [0.717, 1.165) is 19.0 Å². The Hall–Kier alpha value is -0.870. The maximum atomic E-state index is 5.88. The second-order valence-electron chi connectivity index (χ2n) is 5.04. The molecule has 17 heavy (non-hydrogen) atoms. The van der Waals surface area contributed by atoms with Crippen LogP contribution in [0.15, 0.2) is 12.4 Å². The van der Waals surface area contributed by atoms with Crippen LogP contribution in [-0.4, -0.2) is 34.8 Å². The number of nitrogens with zero attached hydrogens (tertiary/aromatic N) is 3. The minimum atomic E-state index is 0.286. The summed E-state index contributed by atoms with van der Waals surface area (Å²) in [4.78, 5) is 2.33. The van der Waals surface area contributed by atoms with Crippen molar-refractivity contribution in [2.24, 2.45) is 11.7 Å². The van der Waals surface area contributed by atoms with Gasteiger partial charge < -0.3 is 5.73 Å². The predicted molar refractivity (Wildman–Crippen MR) is 71.8 cm³/mol. The highest BCUT2D eigenvalue weighted by Gasteiger charge is 2.17. The lowest BCUT2D eigenvalue weighted by molar-refractivity contribution is 0.236. The van der Waals surface area contributed by atoms with E-state index in [-0.39, 0.29) is 6.04 Å². The van der Waals surface area contributed by atoms with Crippen molar-refractivity contribution in [1.82, 2.24) is 14.7 Å². The van der Waals surface area contributed by atoms with E-state index in [1.165, 1.54) is 12.0 Å². The van der Waals surface area contributed by atoms with Crippen molar-refractivity contribution in [2.75, 3.05) is 20.1 Å². The van der Waals surface area contributed by atoms with Gasteiger partial charge in [0.1, 0.15) is 0 Å². The molecule has 1 heterocycles. The number of hydrogen-bond donors (Lipinski definition) is 1. The van der Waals surface area contributed by atoms with Crippen LogP contribution in [0.1, 0.15) is 38.8 Å². The summed E-state index contributed by atoms with van der Waals surface area (Å²) >= 11 is 0. The molecule has 1 aromatic rings. The van der Waals surface area contributed by atoms with Gasteiger partial charge in [-0.05, 0) is 32.9 Å². The quantitative estimate of drug-likeness (QED) is 0.789. The fourth-order valence-corrected chi connectivity index (χ4v) is 1.91. The second-order valence-corrected chi connectivity index (χ2v) is 5.04. The number of aromatic nitrogens is 2. The fourth-order valence-electron chi connectivity index (χ4n) is 1.91. The van der Waals surface area contributed by atoms with Gasteiger partial charge in [-0.15, -0.1) is 0 Å². The summed E-state index contributed by atoms with van der Waals surface area (Å²) in [6.45, 7) is 9.23. The molecule has 0 spiro atoms. The van der Waals surface area contributed by atoms with E-state index in [4.69, 9.17) is 5.73 Å². The zero-order chi connectivity index (χ0) is 12.8. The molecule has 0 aliphatic rings. The number of likely N-dealkylation sites (N-methyl/N-ethyl adjacent to an activating group) is 1. The van der Waals surface area contributed by atoms with Crippen LogP contribution in [0.25, 0.3) is 0 Å². The molecule has 0 aromatic carbocycles. The molecule has 0 fully saturated rings. The minimum absolute atomic E-state index is 0.286. The Balaban J connectivity index is 2.63. The standard InChI is InChI=1S/C13H26N4/c1-5-17-10-12(9-15-17)13(8-14)16(4)7-6-11(2)3/h9-11,13H,5-8,14H2,1-4H3. The van der Waals surface area contributed by atoms with E-state index >= 15 is 0 Å². The van der Waals surface area contributed by atoms with Crippen molar-refractivity contribution in [3.05, 3.63) is 18.0 Å². The van der Waals surface area contributed by atoms with Crippen LogP contribution in [0.3, 0.4) is 0 Å². The maximum absolute atomic E-state index is 5.88. The molecule has 2 N–H and O–H groups in total. The smallest absolute Gasteiger partial charge is 0.0538 e. The van der Waals surface area contributed by atoms with Crippen LogP contribution >= 0.6 is 0 Å². The molecule has 4 heteroatoms. The summed E-state index contributed by atoms with van der Waals surface area (Å²) in [5, 5.41) is 4.32. The zero-order valence-electron chi connectivity index (χ0n) is 11.6. The Morgan fingerprint density at radius 1 is 1.47 bits per heavy atom. The molecule has 0 amide bonds. The average Bonchev–Trinajstić information content (AvgIpc) is 2.76. The van der Waals surface area contributed by atoms with Crippen LogP contribution in [0.2, 0.25) is 0 Å². The highest BCUT2D eigenvalue weighted by atomic mass is 15.3. The first kappa shape index (κ1) is 14.2. The van der Waals surface area contributed by atoms with Gasteiger partial charge in [-0.2, -0.15) is 5.10 Å². The molecule has 1 atom stereocenters. The monoisotopic (exact) mass is 238 g/mol. The second kappa shape index (κ2) is 6.77. The van der Waals surface area contributed by atoms with Gasteiger partial charge in [-0.25, -0.2) is 0 Å². The Morgan fingerprint density at radius 2 is 2.18 bits per heavy atom. The highest BCUT2D eigenvalue weighted by Crippen LogP contribution is 2.18. The molecule has 0 saturated carbocycles.